The number of hydrogen-bond acceptors (Lipinski definition) is 6. The molecule has 0 spiro atoms. The lowest BCUT2D eigenvalue weighted by Crippen LogP contribution is -2.69. The Balaban J connectivity index is 1.25. The molecule has 0 aliphatic heterocycles. The number of rotatable bonds is 2. The number of esters is 2. The van der Waals surface area contributed by atoms with Gasteiger partial charge in [-0.05, 0) is 67.1 Å². The normalized spacial score (nSPS) is 24.6. The summed E-state index contributed by atoms with van der Waals surface area (Å²) in [5.74, 6) is 13.3. The smallest absolute Gasteiger partial charge is 0.337 e. The molecule has 5 aliphatic carbocycles. The highest BCUT2D eigenvalue weighted by Crippen LogP contribution is 2.91. The highest BCUT2D eigenvalue weighted by molar-refractivity contribution is 5.90. The molecule has 4 aromatic rings. The molecular formula is C33H22N2O4. The molecule has 3 fully saturated rings. The molecule has 188 valence electrons. The number of methoxy groups -OCH3 is 2. The van der Waals surface area contributed by atoms with Gasteiger partial charge >= 0.3 is 11.9 Å². The summed E-state index contributed by atoms with van der Waals surface area (Å²) in [7, 11) is 2.74. The molecule has 0 radical (unpaired) electrons. The number of carbonyl (C=O) groups is 2. The van der Waals surface area contributed by atoms with Gasteiger partial charge in [0.25, 0.3) is 0 Å². The summed E-state index contributed by atoms with van der Waals surface area (Å²) in [5, 5.41) is 0. The van der Waals surface area contributed by atoms with E-state index in [1.165, 1.54) is 14.2 Å². The van der Waals surface area contributed by atoms with Crippen LogP contribution in [0.2, 0.25) is 0 Å². The van der Waals surface area contributed by atoms with Crippen LogP contribution in [0.3, 0.4) is 0 Å². The van der Waals surface area contributed by atoms with Crippen molar-refractivity contribution in [1.82, 2.24) is 9.97 Å². The first-order valence-electron chi connectivity index (χ1n) is 12.7. The van der Waals surface area contributed by atoms with Gasteiger partial charge < -0.3 is 9.47 Å². The Kier molecular flexibility index (Phi) is 4.93. The van der Waals surface area contributed by atoms with E-state index in [0.717, 1.165) is 40.0 Å². The van der Waals surface area contributed by atoms with Crippen molar-refractivity contribution in [2.75, 3.05) is 14.2 Å². The third kappa shape index (κ3) is 3.19. The van der Waals surface area contributed by atoms with Crippen LogP contribution in [0.5, 0.6) is 0 Å². The first-order chi connectivity index (χ1) is 19.0. The quantitative estimate of drug-likeness (QED) is 0.283. The molecule has 5 aliphatic rings. The van der Waals surface area contributed by atoms with Gasteiger partial charge in [0.15, 0.2) is 0 Å². The molecule has 0 amide bonds. The summed E-state index contributed by atoms with van der Waals surface area (Å²) in [5.41, 5.74) is 5.96. The third-order valence-corrected chi connectivity index (χ3v) is 8.31. The minimum atomic E-state index is -0.368. The van der Waals surface area contributed by atoms with Crippen molar-refractivity contribution in [3.63, 3.8) is 0 Å². The number of fused-ring (bicyclic) bond motifs is 1. The lowest BCUT2D eigenvalue weighted by molar-refractivity contribution is -0.162. The van der Waals surface area contributed by atoms with E-state index >= 15 is 0 Å². The van der Waals surface area contributed by atoms with Gasteiger partial charge in [0.2, 0.25) is 0 Å². The number of aromatic nitrogens is 2. The van der Waals surface area contributed by atoms with E-state index in [9.17, 15) is 9.59 Å². The number of nitrogens with zero attached hydrogens (tertiary/aromatic N) is 2. The summed E-state index contributed by atoms with van der Waals surface area (Å²) in [6, 6.07) is 22.2. The van der Waals surface area contributed by atoms with Crippen molar-refractivity contribution in [1.29, 1.82) is 0 Å². The molecule has 1 aromatic heterocycles. The third-order valence-electron chi connectivity index (χ3n) is 8.31. The van der Waals surface area contributed by atoms with Crippen LogP contribution >= 0.6 is 0 Å². The largest absolute Gasteiger partial charge is 0.465 e. The molecule has 0 atom stereocenters. The second-order valence-electron chi connectivity index (χ2n) is 10.2. The topological polar surface area (TPSA) is 78.4 Å². The van der Waals surface area contributed by atoms with E-state index in [-0.39, 0.29) is 34.6 Å². The van der Waals surface area contributed by atoms with Gasteiger partial charge in [-0.2, -0.15) is 0 Å². The Morgan fingerprint density at radius 2 is 1.10 bits per heavy atom. The molecule has 39 heavy (non-hydrogen) atoms. The van der Waals surface area contributed by atoms with Gasteiger partial charge in [-0.1, -0.05) is 35.8 Å². The standard InChI is InChI=1S/C33H22N2O4/c1-38-30(36)22-11-7-20(8-12-22)15-17-32-19-33(18-16-21-9-13-23(14-10-21)31(37)39-2)28(32)26-27(29(32)33)35-25-6-4-3-5-24(25)34-26/h3-14,28-29H,19H2,1-2H3. The zero-order valence-electron chi connectivity index (χ0n) is 21.3. The zero-order valence-corrected chi connectivity index (χ0v) is 21.3. The van der Waals surface area contributed by atoms with E-state index in [1.54, 1.807) is 24.3 Å². The van der Waals surface area contributed by atoms with Crippen LogP contribution in [-0.4, -0.2) is 36.1 Å². The summed E-state index contributed by atoms with van der Waals surface area (Å²) in [6.07, 6.45) is 0.851. The minimum Gasteiger partial charge on any atom is -0.465 e. The van der Waals surface area contributed by atoms with Crippen LogP contribution in [0.1, 0.15) is 61.5 Å². The van der Waals surface area contributed by atoms with Crippen LogP contribution in [0, 0.1) is 34.5 Å². The molecule has 4 bridgehead atoms. The van der Waals surface area contributed by atoms with Crippen LogP contribution in [0.15, 0.2) is 72.8 Å². The van der Waals surface area contributed by atoms with Gasteiger partial charge in [-0.25, -0.2) is 19.6 Å². The molecule has 6 nitrogen and oxygen atoms in total. The Bertz CT molecular complexity index is 1680. The monoisotopic (exact) mass is 510 g/mol. The highest BCUT2D eigenvalue weighted by atomic mass is 16.5. The van der Waals surface area contributed by atoms with Crippen LogP contribution in [-0.2, 0) is 9.47 Å². The molecular weight excluding hydrogens is 488 g/mol. The molecule has 9 rings (SSSR count). The fraction of sp³-hybridized carbons (Fsp3) is 0.212. The van der Waals surface area contributed by atoms with Gasteiger partial charge in [0.05, 0.1) is 58.6 Å². The number of benzene rings is 3. The van der Waals surface area contributed by atoms with E-state index in [2.05, 4.69) is 23.7 Å². The summed E-state index contributed by atoms with van der Waals surface area (Å²) in [6.45, 7) is 0. The fourth-order valence-corrected chi connectivity index (χ4v) is 6.58. The van der Waals surface area contributed by atoms with Crippen LogP contribution < -0.4 is 0 Å². The number of carbonyl (C=O) groups excluding carboxylic acids is 2. The lowest BCUT2D eigenvalue weighted by atomic mass is 9.27. The zero-order chi connectivity index (χ0) is 26.8. The van der Waals surface area contributed by atoms with Gasteiger partial charge in [-0.3, -0.25) is 0 Å². The highest BCUT2D eigenvalue weighted by Gasteiger charge is 2.88. The Labute approximate surface area is 225 Å². The van der Waals surface area contributed by atoms with E-state index < -0.39 is 0 Å². The predicted octanol–water partition coefficient (Wildman–Crippen LogP) is 4.88. The Morgan fingerprint density at radius 3 is 1.49 bits per heavy atom. The lowest BCUT2D eigenvalue weighted by Gasteiger charge is -2.72. The average Bonchev–Trinajstić information content (AvgIpc) is 3.35. The first kappa shape index (κ1) is 23.2. The van der Waals surface area contributed by atoms with E-state index in [4.69, 9.17) is 19.4 Å². The fourth-order valence-electron chi connectivity index (χ4n) is 6.58. The number of ether oxygens (including phenoxy) is 2. The molecule has 0 N–H and O–H groups in total. The van der Waals surface area contributed by atoms with Crippen molar-refractivity contribution in [3.8, 4) is 23.7 Å². The summed E-state index contributed by atoms with van der Waals surface area (Å²) < 4.78 is 9.59. The van der Waals surface area contributed by atoms with Crippen molar-refractivity contribution >= 4 is 23.0 Å². The Morgan fingerprint density at radius 1 is 0.692 bits per heavy atom. The molecule has 0 saturated heterocycles. The SMILES string of the molecule is COC(=O)c1ccc(C#CC23CC4(C#Cc5ccc(C(=O)OC)cc5)C2c2nc5ccccc5nc2C34)cc1. The number of para-hydroxylation sites is 2. The van der Waals surface area contributed by atoms with Crippen LogP contribution in [0.4, 0.5) is 0 Å². The van der Waals surface area contributed by atoms with Crippen molar-refractivity contribution in [3.05, 3.63) is 106 Å². The maximum absolute atomic E-state index is 11.8. The van der Waals surface area contributed by atoms with Gasteiger partial charge in [-0.15, -0.1) is 0 Å². The first-order valence-corrected chi connectivity index (χ1v) is 12.7. The maximum Gasteiger partial charge on any atom is 0.337 e. The van der Waals surface area contributed by atoms with Crippen molar-refractivity contribution < 1.29 is 19.1 Å². The molecule has 1 heterocycles. The molecule has 3 aromatic carbocycles. The molecule has 6 heteroatoms. The van der Waals surface area contributed by atoms with Crippen molar-refractivity contribution in [2.24, 2.45) is 10.8 Å². The second-order valence-corrected chi connectivity index (χ2v) is 10.2. The minimum absolute atomic E-state index is 0.0887. The van der Waals surface area contributed by atoms with Gasteiger partial charge in [0, 0.05) is 23.0 Å². The summed E-state index contributed by atoms with van der Waals surface area (Å²) in [4.78, 5) is 33.6. The maximum atomic E-state index is 11.8. The van der Waals surface area contributed by atoms with E-state index in [1.807, 2.05) is 48.5 Å². The Hall–Kier alpha value is -4.94. The molecule has 0 unspecified atom stereocenters. The van der Waals surface area contributed by atoms with Crippen molar-refractivity contribution in [2.45, 2.75) is 18.3 Å². The number of hydrogen-bond donors (Lipinski definition) is 0. The van der Waals surface area contributed by atoms with Gasteiger partial charge in [0.1, 0.15) is 0 Å². The van der Waals surface area contributed by atoms with E-state index in [0.29, 0.717) is 11.1 Å². The second kappa shape index (κ2) is 8.28. The average molecular weight is 511 g/mol. The van der Waals surface area contributed by atoms with Crippen LogP contribution in [0.25, 0.3) is 11.0 Å². The predicted molar refractivity (Wildman–Crippen MR) is 144 cm³/mol. The molecule has 3 saturated carbocycles. The summed E-state index contributed by atoms with van der Waals surface area (Å²) >= 11 is 0.